The Morgan fingerprint density at radius 1 is 1.02 bits per heavy atom. The van der Waals surface area contributed by atoms with Gasteiger partial charge in [-0.05, 0) is 72.6 Å². The number of alkyl halides is 2. The van der Waals surface area contributed by atoms with Crippen LogP contribution in [0.3, 0.4) is 0 Å². The Kier molecular flexibility index (Phi) is 7.12. The van der Waals surface area contributed by atoms with E-state index in [1.807, 2.05) is 0 Å². The number of benzene rings is 2. The molecule has 11 heteroatoms. The third kappa shape index (κ3) is 5.31. The van der Waals surface area contributed by atoms with Gasteiger partial charge in [-0.15, -0.1) is 0 Å². The van der Waals surface area contributed by atoms with Crippen molar-refractivity contribution in [3.8, 4) is 11.1 Å². The molecule has 0 saturated heterocycles. The predicted octanol–water partition coefficient (Wildman–Crippen LogP) is 6.04. The van der Waals surface area contributed by atoms with E-state index in [2.05, 4.69) is 10.1 Å². The molecule has 3 atom stereocenters. The second-order valence-electron chi connectivity index (χ2n) is 10.9. The Hall–Kier alpha value is -4.41. The van der Waals surface area contributed by atoms with E-state index in [0.29, 0.717) is 40.4 Å². The van der Waals surface area contributed by atoms with Crippen LogP contribution in [0.5, 0.6) is 0 Å². The lowest BCUT2D eigenvalue weighted by molar-refractivity contribution is -0.120. The summed E-state index contributed by atoms with van der Waals surface area (Å²) in [5.41, 5.74) is 7.47. The third-order valence-corrected chi connectivity index (χ3v) is 8.06. The van der Waals surface area contributed by atoms with Crippen molar-refractivity contribution in [3.63, 3.8) is 0 Å². The molecule has 2 aromatic heterocycles. The molecule has 0 aliphatic heterocycles. The van der Waals surface area contributed by atoms with E-state index >= 15 is 0 Å². The van der Waals surface area contributed by atoms with Crippen LogP contribution in [0.1, 0.15) is 69.7 Å². The monoisotopic (exact) mass is 580 g/mol. The van der Waals surface area contributed by atoms with E-state index in [1.54, 1.807) is 12.1 Å². The largest absolute Gasteiger partial charge is 0.366 e. The molecule has 42 heavy (non-hydrogen) atoms. The number of fused-ring (bicyclic) bond motifs is 3. The maximum absolute atomic E-state index is 14.2. The van der Waals surface area contributed by atoms with E-state index < -0.39 is 35.7 Å². The molecule has 4 aromatic rings. The Labute approximate surface area is 237 Å². The van der Waals surface area contributed by atoms with Gasteiger partial charge < -0.3 is 5.73 Å². The zero-order chi connectivity index (χ0) is 29.7. The lowest BCUT2D eigenvalue weighted by atomic mass is 9.86. The van der Waals surface area contributed by atoms with Crippen LogP contribution in [0.15, 0.2) is 54.7 Å². The molecule has 2 aromatic carbocycles. The van der Waals surface area contributed by atoms with E-state index in [4.69, 9.17) is 5.73 Å². The normalized spacial score (nSPS) is 17.7. The first-order chi connectivity index (χ1) is 20.1. The fourth-order valence-electron chi connectivity index (χ4n) is 6.17. The Bertz CT molecular complexity index is 1700. The molecule has 6 nitrogen and oxygen atoms in total. The first kappa shape index (κ1) is 27.7. The number of hydrogen-bond donors (Lipinski definition) is 1. The zero-order valence-electron chi connectivity index (χ0n) is 22.2. The van der Waals surface area contributed by atoms with Crippen LogP contribution in [0.4, 0.5) is 22.0 Å². The number of rotatable bonds is 10. The van der Waals surface area contributed by atoms with E-state index in [1.165, 1.54) is 23.0 Å². The number of halogens is 5. The standard InChI is InChI=1S/C31H25F5N4O2/c32-19-7-15(8-20(33)13-19)6-18(28-22(2-1-5-38-28)16-3-4-25(34)24(10-16)31(37)42)9-21(41)14-40-26-12-17-11-23(17)27(26)29(39-40)30(35)36/h1-5,7-8,10,13,17-18,23,30H,6,9,11-12,14H2,(H2,37,42)/t17?,18-,23?/m1/s1. The van der Waals surface area contributed by atoms with Crippen LogP contribution >= 0.6 is 0 Å². The fourth-order valence-corrected chi connectivity index (χ4v) is 6.17. The van der Waals surface area contributed by atoms with Crippen LogP contribution in [0, 0.1) is 23.4 Å². The van der Waals surface area contributed by atoms with Crippen LogP contribution in [0.25, 0.3) is 11.1 Å². The second kappa shape index (κ2) is 10.8. The molecule has 1 amide bonds. The predicted molar refractivity (Wildman–Crippen MR) is 142 cm³/mol. The van der Waals surface area contributed by atoms with Crippen molar-refractivity contribution in [2.24, 2.45) is 11.7 Å². The molecule has 0 radical (unpaired) electrons. The first-order valence-corrected chi connectivity index (χ1v) is 13.5. The number of carbonyl (C=O) groups is 2. The van der Waals surface area contributed by atoms with Gasteiger partial charge in [0, 0.05) is 41.4 Å². The molecule has 0 spiro atoms. The van der Waals surface area contributed by atoms with Gasteiger partial charge in [0.05, 0.1) is 17.8 Å². The number of nitrogens with two attached hydrogens (primary N) is 1. The van der Waals surface area contributed by atoms with Crippen LogP contribution < -0.4 is 5.73 Å². The number of Topliss-reactive ketones (excluding diaryl/α,β-unsaturated/α-hetero) is 1. The van der Waals surface area contributed by atoms with Gasteiger partial charge in [-0.2, -0.15) is 5.10 Å². The number of primary amides is 1. The smallest absolute Gasteiger partial charge is 0.282 e. The van der Waals surface area contributed by atoms with Crippen molar-refractivity contribution in [2.75, 3.05) is 0 Å². The van der Waals surface area contributed by atoms with Gasteiger partial charge in [0.25, 0.3) is 12.3 Å². The topological polar surface area (TPSA) is 90.9 Å². The maximum Gasteiger partial charge on any atom is 0.282 e. The number of carbonyl (C=O) groups excluding carboxylic acids is 2. The van der Waals surface area contributed by atoms with E-state index in [0.717, 1.165) is 30.7 Å². The molecular formula is C31H25F5N4O2. The highest BCUT2D eigenvalue weighted by Crippen LogP contribution is 2.58. The summed E-state index contributed by atoms with van der Waals surface area (Å²) in [7, 11) is 0. The molecule has 216 valence electrons. The minimum absolute atomic E-state index is 0.0119. The Morgan fingerprint density at radius 3 is 2.50 bits per heavy atom. The molecule has 2 N–H and O–H groups in total. The van der Waals surface area contributed by atoms with Crippen LogP contribution in [0.2, 0.25) is 0 Å². The molecule has 2 heterocycles. The van der Waals surface area contributed by atoms with E-state index in [-0.39, 0.29) is 47.9 Å². The van der Waals surface area contributed by atoms with Crippen molar-refractivity contribution in [2.45, 2.75) is 50.5 Å². The van der Waals surface area contributed by atoms with Crippen molar-refractivity contribution in [1.29, 1.82) is 0 Å². The number of nitrogens with zero attached hydrogens (tertiary/aromatic N) is 3. The molecule has 2 aliphatic carbocycles. The summed E-state index contributed by atoms with van der Waals surface area (Å²) in [5, 5.41) is 4.09. The van der Waals surface area contributed by atoms with Gasteiger partial charge >= 0.3 is 0 Å². The number of ketones is 1. The molecule has 0 bridgehead atoms. The zero-order valence-corrected chi connectivity index (χ0v) is 22.2. The number of pyridine rings is 1. The summed E-state index contributed by atoms with van der Waals surface area (Å²) in [6, 6.07) is 10.2. The molecule has 6 rings (SSSR count). The lowest BCUT2D eigenvalue weighted by Crippen LogP contribution is -2.19. The number of amides is 1. The molecule has 1 fully saturated rings. The quantitative estimate of drug-likeness (QED) is 0.232. The minimum atomic E-state index is -2.75. The lowest BCUT2D eigenvalue weighted by Gasteiger charge is -2.20. The summed E-state index contributed by atoms with van der Waals surface area (Å²) in [6.45, 7) is -0.243. The van der Waals surface area contributed by atoms with Gasteiger partial charge in [0.2, 0.25) is 0 Å². The fraction of sp³-hybridized carbons (Fsp3) is 0.290. The van der Waals surface area contributed by atoms with Crippen molar-refractivity contribution >= 4 is 11.7 Å². The van der Waals surface area contributed by atoms with Gasteiger partial charge in [0.15, 0.2) is 5.78 Å². The Morgan fingerprint density at radius 2 is 1.79 bits per heavy atom. The van der Waals surface area contributed by atoms with Crippen molar-refractivity contribution in [1.82, 2.24) is 14.8 Å². The van der Waals surface area contributed by atoms with Gasteiger partial charge in [-0.3, -0.25) is 19.3 Å². The van der Waals surface area contributed by atoms with Crippen LogP contribution in [-0.2, 0) is 24.2 Å². The maximum atomic E-state index is 14.2. The summed E-state index contributed by atoms with van der Waals surface area (Å²) < 4.78 is 71.2. The van der Waals surface area contributed by atoms with E-state index in [9.17, 15) is 31.5 Å². The highest BCUT2D eigenvalue weighted by atomic mass is 19.3. The van der Waals surface area contributed by atoms with Crippen LogP contribution in [-0.4, -0.2) is 26.5 Å². The second-order valence-corrected chi connectivity index (χ2v) is 10.9. The minimum Gasteiger partial charge on any atom is -0.366 e. The SMILES string of the molecule is NC(=O)c1cc(-c2cccnc2[C@@H](CC(=O)Cn2nc(C(F)F)c3c2CC2CC32)Cc2cc(F)cc(F)c2)ccc1F. The number of hydrogen-bond acceptors (Lipinski definition) is 4. The number of aromatic nitrogens is 3. The molecule has 2 aliphatic rings. The van der Waals surface area contributed by atoms with Crippen molar-refractivity contribution < 1.29 is 31.5 Å². The third-order valence-electron chi connectivity index (χ3n) is 8.06. The summed E-state index contributed by atoms with van der Waals surface area (Å²) in [6.07, 6.45) is 0.0398. The van der Waals surface area contributed by atoms with Crippen molar-refractivity contribution in [3.05, 3.63) is 106 Å². The first-order valence-electron chi connectivity index (χ1n) is 13.5. The summed E-state index contributed by atoms with van der Waals surface area (Å²) >= 11 is 0. The average molecular weight is 581 g/mol. The van der Waals surface area contributed by atoms with Gasteiger partial charge in [-0.1, -0.05) is 12.1 Å². The highest BCUT2D eigenvalue weighted by molar-refractivity contribution is 5.94. The summed E-state index contributed by atoms with van der Waals surface area (Å²) in [4.78, 5) is 29.8. The average Bonchev–Trinajstić information content (AvgIpc) is 3.45. The Balaban J connectivity index is 1.35. The summed E-state index contributed by atoms with van der Waals surface area (Å²) in [5.74, 6) is -4.01. The molecule has 1 saturated carbocycles. The molecular weight excluding hydrogens is 555 g/mol. The molecule has 2 unspecified atom stereocenters. The van der Waals surface area contributed by atoms with Gasteiger partial charge in [0.1, 0.15) is 23.1 Å². The highest BCUT2D eigenvalue weighted by Gasteiger charge is 2.50. The van der Waals surface area contributed by atoms with Gasteiger partial charge in [-0.25, -0.2) is 22.0 Å².